The minimum atomic E-state index is -0.896. The summed E-state index contributed by atoms with van der Waals surface area (Å²) >= 11 is 0. The number of aliphatic carboxylic acids is 1. The molecule has 0 radical (unpaired) electrons. The number of benzene rings is 2. The minimum absolute atomic E-state index is 0.0619. The molecule has 1 heterocycles. The number of ether oxygens (including phenoxy) is 1. The molecule has 0 saturated carbocycles. The molecule has 1 saturated heterocycles. The van der Waals surface area contributed by atoms with Gasteiger partial charge in [0, 0.05) is 19.0 Å². The van der Waals surface area contributed by atoms with Gasteiger partial charge in [-0.2, -0.15) is 0 Å². The highest BCUT2D eigenvalue weighted by molar-refractivity contribution is 5.87. The number of carboxylic acids is 1. The molecule has 7 nitrogen and oxygen atoms in total. The Kier molecular flexibility index (Phi) is 6.91. The predicted octanol–water partition coefficient (Wildman–Crippen LogP) is 4.12. The van der Waals surface area contributed by atoms with Crippen molar-refractivity contribution in [2.75, 3.05) is 19.7 Å². The van der Waals surface area contributed by atoms with E-state index in [2.05, 4.69) is 29.6 Å². The minimum Gasteiger partial charge on any atom is -0.481 e. The molecule has 0 aromatic heterocycles. The Morgan fingerprint density at radius 2 is 1.62 bits per heavy atom. The third-order valence-electron chi connectivity index (χ3n) is 6.88. The number of alkyl carbamates (subject to hydrolysis) is 1. The zero-order valence-corrected chi connectivity index (χ0v) is 19.9. The van der Waals surface area contributed by atoms with Gasteiger partial charge in [-0.05, 0) is 40.5 Å². The smallest absolute Gasteiger partial charge is 0.407 e. The Labute approximate surface area is 200 Å². The van der Waals surface area contributed by atoms with Crippen molar-refractivity contribution in [2.45, 2.75) is 39.2 Å². The first-order valence-electron chi connectivity index (χ1n) is 11.9. The van der Waals surface area contributed by atoms with Crippen LogP contribution in [-0.4, -0.2) is 53.7 Å². The van der Waals surface area contributed by atoms with E-state index in [1.807, 2.05) is 45.0 Å². The maximum Gasteiger partial charge on any atom is 0.407 e. The molecule has 1 unspecified atom stereocenters. The number of carboxylic acid groups (broad SMARTS) is 1. The molecule has 1 fully saturated rings. The normalized spacial score (nSPS) is 20.1. The molecule has 4 rings (SSSR count). The van der Waals surface area contributed by atoms with Crippen LogP contribution >= 0.6 is 0 Å². The van der Waals surface area contributed by atoms with Gasteiger partial charge in [0.15, 0.2) is 0 Å². The molecule has 3 atom stereocenters. The van der Waals surface area contributed by atoms with Crippen LogP contribution in [0.4, 0.5) is 4.79 Å². The number of nitrogens with one attached hydrogen (secondary N) is 1. The predicted molar refractivity (Wildman–Crippen MR) is 128 cm³/mol. The molecule has 180 valence electrons. The first-order valence-corrected chi connectivity index (χ1v) is 11.9. The van der Waals surface area contributed by atoms with Crippen LogP contribution in [0.1, 0.15) is 44.2 Å². The van der Waals surface area contributed by atoms with Crippen LogP contribution in [0.2, 0.25) is 0 Å². The second-order valence-corrected chi connectivity index (χ2v) is 9.82. The van der Waals surface area contributed by atoms with Crippen molar-refractivity contribution in [3.05, 3.63) is 59.7 Å². The van der Waals surface area contributed by atoms with Crippen molar-refractivity contribution in [1.29, 1.82) is 0 Å². The summed E-state index contributed by atoms with van der Waals surface area (Å²) in [5, 5.41) is 12.2. The number of hydrogen-bond donors (Lipinski definition) is 2. The zero-order valence-electron chi connectivity index (χ0n) is 19.9. The number of carbonyl (C=O) groups is 3. The lowest BCUT2D eigenvalue weighted by molar-refractivity contribution is -0.142. The summed E-state index contributed by atoms with van der Waals surface area (Å²) in [5.41, 5.74) is 4.54. The van der Waals surface area contributed by atoms with Gasteiger partial charge < -0.3 is 20.1 Å². The van der Waals surface area contributed by atoms with Gasteiger partial charge in [-0.3, -0.25) is 9.59 Å². The van der Waals surface area contributed by atoms with E-state index < -0.39 is 24.0 Å². The third-order valence-corrected chi connectivity index (χ3v) is 6.88. The van der Waals surface area contributed by atoms with Gasteiger partial charge in [0.2, 0.25) is 5.91 Å². The van der Waals surface area contributed by atoms with Crippen molar-refractivity contribution in [1.82, 2.24) is 10.2 Å². The summed E-state index contributed by atoms with van der Waals surface area (Å²) in [6.45, 7) is 6.50. The van der Waals surface area contributed by atoms with E-state index in [0.717, 1.165) is 22.3 Å². The molecule has 2 aromatic rings. The van der Waals surface area contributed by atoms with Crippen LogP contribution in [0.5, 0.6) is 0 Å². The Morgan fingerprint density at radius 1 is 1.03 bits per heavy atom. The summed E-state index contributed by atoms with van der Waals surface area (Å²) in [5.74, 6) is -1.76. The van der Waals surface area contributed by atoms with Crippen LogP contribution in [0.15, 0.2) is 48.5 Å². The van der Waals surface area contributed by atoms with Gasteiger partial charge in [0.05, 0.1) is 5.92 Å². The lowest BCUT2D eigenvalue weighted by Crippen LogP contribution is -2.49. The zero-order chi connectivity index (χ0) is 24.4. The maximum absolute atomic E-state index is 13.2. The van der Waals surface area contributed by atoms with E-state index in [1.165, 1.54) is 0 Å². The van der Waals surface area contributed by atoms with Crippen molar-refractivity contribution in [3.63, 3.8) is 0 Å². The highest BCUT2D eigenvalue weighted by atomic mass is 16.5. The second-order valence-electron chi connectivity index (χ2n) is 9.82. The number of rotatable bonds is 7. The van der Waals surface area contributed by atoms with E-state index in [0.29, 0.717) is 13.0 Å². The van der Waals surface area contributed by atoms with Gasteiger partial charge in [-0.15, -0.1) is 0 Å². The standard InChI is InChI=1S/C27H32N2O5/c1-16(2)12-24(25(30)29-13-17(3)22(14-29)26(31)32)28-27(33)34-15-23-20-10-6-4-8-18(20)19-9-5-7-11-21(19)23/h4-11,16-17,22-24H,12-15H2,1-3H3,(H,28,33)(H,31,32)/t17-,22-,24?/m1/s1. The average Bonchev–Trinajstić information content (AvgIpc) is 3.35. The summed E-state index contributed by atoms with van der Waals surface area (Å²) in [6.07, 6.45) is -0.186. The largest absolute Gasteiger partial charge is 0.481 e. The van der Waals surface area contributed by atoms with Crippen LogP contribution in [0.25, 0.3) is 11.1 Å². The number of carbonyl (C=O) groups excluding carboxylic acids is 2. The van der Waals surface area contributed by atoms with Gasteiger partial charge >= 0.3 is 12.1 Å². The third kappa shape index (κ3) is 4.79. The molecular weight excluding hydrogens is 432 g/mol. The molecule has 0 bridgehead atoms. The molecule has 2 N–H and O–H groups in total. The van der Waals surface area contributed by atoms with Crippen LogP contribution in [0, 0.1) is 17.8 Å². The fourth-order valence-electron chi connectivity index (χ4n) is 5.16. The molecule has 2 aliphatic rings. The molecule has 2 aromatic carbocycles. The van der Waals surface area contributed by atoms with Crippen LogP contribution in [0.3, 0.4) is 0 Å². The summed E-state index contributed by atoms with van der Waals surface area (Å²) in [7, 11) is 0. The van der Waals surface area contributed by atoms with E-state index in [4.69, 9.17) is 4.74 Å². The number of hydrogen-bond acceptors (Lipinski definition) is 4. The molecule has 1 aliphatic heterocycles. The molecule has 2 amide bonds. The lowest BCUT2D eigenvalue weighted by Gasteiger charge is -2.25. The van der Waals surface area contributed by atoms with Crippen molar-refractivity contribution in [3.8, 4) is 11.1 Å². The Hall–Kier alpha value is -3.35. The van der Waals surface area contributed by atoms with E-state index in [9.17, 15) is 19.5 Å². The first-order chi connectivity index (χ1) is 16.3. The van der Waals surface area contributed by atoms with Gasteiger partial charge in [-0.25, -0.2) is 4.79 Å². The molecule has 7 heteroatoms. The highest BCUT2D eigenvalue weighted by Gasteiger charge is 2.39. The van der Waals surface area contributed by atoms with Crippen LogP contribution in [-0.2, 0) is 14.3 Å². The number of nitrogens with zero attached hydrogens (tertiary/aromatic N) is 1. The fraction of sp³-hybridized carbons (Fsp3) is 0.444. The topological polar surface area (TPSA) is 95.9 Å². The highest BCUT2D eigenvalue weighted by Crippen LogP contribution is 2.44. The lowest BCUT2D eigenvalue weighted by atomic mass is 9.98. The Balaban J connectivity index is 1.42. The molecule has 0 spiro atoms. The van der Waals surface area contributed by atoms with Gasteiger partial charge in [-0.1, -0.05) is 69.3 Å². The SMILES string of the molecule is CC(C)CC(NC(=O)OCC1c2ccccc2-c2ccccc21)C(=O)N1C[C@@H](C)[C@H](C(=O)O)C1. The van der Waals surface area contributed by atoms with Crippen LogP contribution < -0.4 is 5.32 Å². The number of amides is 2. The Bertz CT molecular complexity index is 1040. The molecule has 1 aliphatic carbocycles. The summed E-state index contributed by atoms with van der Waals surface area (Å²) < 4.78 is 5.63. The number of fused-ring (bicyclic) bond motifs is 3. The maximum atomic E-state index is 13.2. The van der Waals surface area contributed by atoms with Gasteiger partial charge in [0.25, 0.3) is 0 Å². The summed E-state index contributed by atoms with van der Waals surface area (Å²) in [4.78, 5) is 39.0. The average molecular weight is 465 g/mol. The van der Waals surface area contributed by atoms with Crippen molar-refractivity contribution < 1.29 is 24.2 Å². The monoisotopic (exact) mass is 464 g/mol. The van der Waals surface area contributed by atoms with E-state index in [1.54, 1.807) is 4.90 Å². The molecular formula is C27H32N2O5. The summed E-state index contributed by atoms with van der Waals surface area (Å²) in [6, 6.07) is 15.5. The fourth-order valence-corrected chi connectivity index (χ4v) is 5.16. The first kappa shape index (κ1) is 23.8. The molecule has 34 heavy (non-hydrogen) atoms. The number of likely N-dealkylation sites (tertiary alicyclic amines) is 1. The quantitative estimate of drug-likeness (QED) is 0.643. The van der Waals surface area contributed by atoms with Crippen molar-refractivity contribution >= 4 is 18.0 Å². The Morgan fingerprint density at radius 3 is 2.15 bits per heavy atom. The second kappa shape index (κ2) is 9.87. The van der Waals surface area contributed by atoms with E-state index in [-0.39, 0.29) is 36.8 Å². The van der Waals surface area contributed by atoms with Gasteiger partial charge in [0.1, 0.15) is 12.6 Å². The van der Waals surface area contributed by atoms with E-state index >= 15 is 0 Å². The van der Waals surface area contributed by atoms with Crippen molar-refractivity contribution in [2.24, 2.45) is 17.8 Å².